The minimum Gasteiger partial charge on any atom is -0.482 e. The van der Waals surface area contributed by atoms with Crippen molar-refractivity contribution >= 4 is 11.9 Å². The van der Waals surface area contributed by atoms with Crippen molar-refractivity contribution in [1.82, 2.24) is 5.32 Å². The molecule has 0 radical (unpaired) electrons. The maximum atomic E-state index is 11.8. The lowest BCUT2D eigenvalue weighted by Gasteiger charge is -2.12. The first kappa shape index (κ1) is 14.0. The van der Waals surface area contributed by atoms with Crippen LogP contribution >= 0.6 is 0 Å². The molecule has 0 saturated carbocycles. The average molecular weight is 251 g/mol. The minimum absolute atomic E-state index is 0.0982. The summed E-state index contributed by atoms with van der Waals surface area (Å²) in [5, 5.41) is 11.3. The number of carboxylic acids is 1. The molecule has 0 bridgehead atoms. The molecule has 0 aliphatic carbocycles. The van der Waals surface area contributed by atoms with Crippen molar-refractivity contribution in [2.24, 2.45) is 0 Å². The summed E-state index contributed by atoms with van der Waals surface area (Å²) in [5.41, 5.74) is 0.457. The summed E-state index contributed by atoms with van der Waals surface area (Å²) in [4.78, 5) is 22.2. The fourth-order valence-corrected chi connectivity index (χ4v) is 1.28. The van der Waals surface area contributed by atoms with Crippen LogP contribution < -0.4 is 10.1 Å². The molecule has 0 aliphatic heterocycles. The van der Waals surface area contributed by atoms with Gasteiger partial charge in [-0.3, -0.25) is 4.79 Å². The van der Waals surface area contributed by atoms with E-state index in [1.165, 1.54) is 6.07 Å². The van der Waals surface area contributed by atoms with E-state index >= 15 is 0 Å². The Morgan fingerprint density at radius 2 is 2.17 bits per heavy atom. The zero-order chi connectivity index (χ0) is 13.5. The third-order valence-corrected chi connectivity index (χ3v) is 2.45. The number of carbonyl (C=O) groups excluding carboxylic acids is 1. The monoisotopic (exact) mass is 251 g/mol. The Morgan fingerprint density at radius 3 is 2.78 bits per heavy atom. The maximum absolute atomic E-state index is 11.8. The van der Waals surface area contributed by atoms with Crippen molar-refractivity contribution in [3.8, 4) is 5.75 Å². The fraction of sp³-hybridized carbons (Fsp3) is 0.385. The highest BCUT2D eigenvalue weighted by Gasteiger charge is 2.09. The van der Waals surface area contributed by atoms with Gasteiger partial charge in [-0.1, -0.05) is 13.0 Å². The molecule has 98 valence electrons. The van der Waals surface area contributed by atoms with Crippen molar-refractivity contribution in [2.45, 2.75) is 26.3 Å². The molecule has 1 unspecified atom stereocenters. The standard InChI is InChI=1S/C13H17NO4/c1-3-9(2)14-13(17)10-5-4-6-11(7-10)18-8-12(15)16/h4-7,9H,3,8H2,1-2H3,(H,14,17)(H,15,16). The predicted molar refractivity (Wildman–Crippen MR) is 66.8 cm³/mol. The van der Waals surface area contributed by atoms with Gasteiger partial charge in [0.25, 0.3) is 5.91 Å². The lowest BCUT2D eigenvalue weighted by atomic mass is 10.2. The largest absolute Gasteiger partial charge is 0.482 e. The third-order valence-electron chi connectivity index (χ3n) is 2.45. The van der Waals surface area contributed by atoms with Gasteiger partial charge in [-0.25, -0.2) is 4.79 Å². The summed E-state index contributed by atoms with van der Waals surface area (Å²) in [6, 6.07) is 6.55. The Labute approximate surface area is 106 Å². The van der Waals surface area contributed by atoms with Gasteiger partial charge >= 0.3 is 5.97 Å². The van der Waals surface area contributed by atoms with Gasteiger partial charge in [0.05, 0.1) is 0 Å². The van der Waals surface area contributed by atoms with Crippen LogP contribution in [0.2, 0.25) is 0 Å². The molecule has 0 spiro atoms. The van der Waals surface area contributed by atoms with Gasteiger partial charge in [0.2, 0.25) is 0 Å². The molecule has 0 aliphatic rings. The Kier molecular flexibility index (Phi) is 5.17. The Morgan fingerprint density at radius 1 is 1.44 bits per heavy atom. The predicted octanol–water partition coefficient (Wildman–Crippen LogP) is 1.68. The molecule has 1 rings (SSSR count). The lowest BCUT2D eigenvalue weighted by Crippen LogP contribution is -2.31. The molecule has 1 aromatic carbocycles. The van der Waals surface area contributed by atoms with E-state index < -0.39 is 12.6 Å². The highest BCUT2D eigenvalue weighted by atomic mass is 16.5. The fourth-order valence-electron chi connectivity index (χ4n) is 1.28. The van der Waals surface area contributed by atoms with Crippen molar-refractivity contribution < 1.29 is 19.4 Å². The third kappa shape index (κ3) is 4.45. The first-order valence-corrected chi connectivity index (χ1v) is 5.78. The summed E-state index contributed by atoms with van der Waals surface area (Å²) in [7, 11) is 0. The van der Waals surface area contributed by atoms with E-state index in [9.17, 15) is 9.59 Å². The van der Waals surface area contributed by atoms with E-state index in [4.69, 9.17) is 9.84 Å². The second-order valence-electron chi connectivity index (χ2n) is 3.99. The molecular weight excluding hydrogens is 234 g/mol. The Balaban J connectivity index is 2.69. The van der Waals surface area contributed by atoms with E-state index in [-0.39, 0.29) is 11.9 Å². The van der Waals surface area contributed by atoms with Gasteiger partial charge in [-0.15, -0.1) is 0 Å². The van der Waals surface area contributed by atoms with Crippen LogP contribution in [0.15, 0.2) is 24.3 Å². The zero-order valence-corrected chi connectivity index (χ0v) is 10.5. The number of hydrogen-bond acceptors (Lipinski definition) is 3. The van der Waals surface area contributed by atoms with Gasteiger partial charge in [-0.05, 0) is 31.5 Å². The molecule has 0 aromatic heterocycles. The number of hydrogen-bond donors (Lipinski definition) is 2. The van der Waals surface area contributed by atoms with Crippen LogP contribution in [0.5, 0.6) is 5.75 Å². The molecule has 0 saturated heterocycles. The van der Waals surface area contributed by atoms with Crippen LogP contribution in [0.3, 0.4) is 0 Å². The first-order valence-electron chi connectivity index (χ1n) is 5.78. The van der Waals surface area contributed by atoms with Crippen molar-refractivity contribution in [3.05, 3.63) is 29.8 Å². The van der Waals surface area contributed by atoms with Crippen LogP contribution in [0.1, 0.15) is 30.6 Å². The number of ether oxygens (including phenoxy) is 1. The number of rotatable bonds is 6. The van der Waals surface area contributed by atoms with Gasteiger partial charge < -0.3 is 15.2 Å². The molecular formula is C13H17NO4. The van der Waals surface area contributed by atoms with Gasteiger partial charge in [0, 0.05) is 11.6 Å². The second kappa shape index (κ2) is 6.64. The van der Waals surface area contributed by atoms with Crippen molar-refractivity contribution in [3.63, 3.8) is 0 Å². The van der Waals surface area contributed by atoms with Gasteiger partial charge in [0.1, 0.15) is 5.75 Å². The smallest absolute Gasteiger partial charge is 0.341 e. The molecule has 1 amide bonds. The molecule has 2 N–H and O–H groups in total. The summed E-state index contributed by atoms with van der Waals surface area (Å²) in [6.45, 7) is 3.48. The molecule has 1 atom stereocenters. The SMILES string of the molecule is CCC(C)NC(=O)c1cccc(OCC(=O)O)c1. The zero-order valence-electron chi connectivity index (χ0n) is 10.5. The van der Waals surface area contributed by atoms with E-state index in [1.54, 1.807) is 18.2 Å². The topological polar surface area (TPSA) is 75.6 Å². The lowest BCUT2D eigenvalue weighted by molar-refractivity contribution is -0.139. The summed E-state index contributed by atoms with van der Waals surface area (Å²) in [6.07, 6.45) is 0.848. The van der Waals surface area contributed by atoms with Crippen LogP contribution in [0, 0.1) is 0 Å². The number of nitrogens with one attached hydrogen (secondary N) is 1. The van der Waals surface area contributed by atoms with E-state index in [1.807, 2.05) is 13.8 Å². The van der Waals surface area contributed by atoms with Crippen molar-refractivity contribution in [2.75, 3.05) is 6.61 Å². The maximum Gasteiger partial charge on any atom is 0.341 e. The molecule has 18 heavy (non-hydrogen) atoms. The quantitative estimate of drug-likeness (QED) is 0.806. The Bertz CT molecular complexity index is 431. The number of aliphatic carboxylic acids is 1. The van der Waals surface area contributed by atoms with Crippen LogP contribution in [0.25, 0.3) is 0 Å². The van der Waals surface area contributed by atoms with Crippen LogP contribution in [-0.4, -0.2) is 29.6 Å². The number of carboxylic acid groups (broad SMARTS) is 1. The molecule has 0 heterocycles. The second-order valence-corrected chi connectivity index (χ2v) is 3.99. The van der Waals surface area contributed by atoms with E-state index in [2.05, 4.69) is 5.32 Å². The van der Waals surface area contributed by atoms with E-state index in [0.29, 0.717) is 11.3 Å². The molecule has 5 heteroatoms. The van der Waals surface area contributed by atoms with Crippen LogP contribution in [-0.2, 0) is 4.79 Å². The minimum atomic E-state index is -1.05. The normalized spacial score (nSPS) is 11.7. The number of amides is 1. The van der Waals surface area contributed by atoms with Gasteiger partial charge in [-0.2, -0.15) is 0 Å². The molecule has 0 fully saturated rings. The summed E-state index contributed by atoms with van der Waals surface area (Å²) >= 11 is 0. The summed E-state index contributed by atoms with van der Waals surface area (Å²) < 4.78 is 5.01. The van der Waals surface area contributed by atoms with Gasteiger partial charge in [0.15, 0.2) is 6.61 Å². The highest BCUT2D eigenvalue weighted by Crippen LogP contribution is 2.13. The Hall–Kier alpha value is -2.04. The first-order chi connectivity index (χ1) is 8.52. The highest BCUT2D eigenvalue weighted by molar-refractivity contribution is 5.94. The van der Waals surface area contributed by atoms with Crippen LogP contribution in [0.4, 0.5) is 0 Å². The summed E-state index contributed by atoms with van der Waals surface area (Å²) in [5.74, 6) is -0.871. The molecule has 1 aromatic rings. The number of carbonyl (C=O) groups is 2. The van der Waals surface area contributed by atoms with Crippen molar-refractivity contribution in [1.29, 1.82) is 0 Å². The molecule has 5 nitrogen and oxygen atoms in total. The number of benzene rings is 1. The average Bonchev–Trinajstić information content (AvgIpc) is 2.36. The van der Waals surface area contributed by atoms with E-state index in [0.717, 1.165) is 6.42 Å².